The molecule has 4 nitrogen and oxygen atoms in total. The fourth-order valence-corrected chi connectivity index (χ4v) is 3.33. The lowest BCUT2D eigenvalue weighted by Gasteiger charge is -2.07. The quantitative estimate of drug-likeness (QED) is 0.904. The lowest BCUT2D eigenvalue weighted by molar-refractivity contribution is 0.629. The number of aromatic nitrogens is 3. The fraction of sp³-hybridized carbons (Fsp3) is 0.500. The summed E-state index contributed by atoms with van der Waals surface area (Å²) in [7, 11) is 0. The van der Waals surface area contributed by atoms with E-state index in [1.807, 2.05) is 28.5 Å². The number of pyridine rings is 1. The minimum atomic E-state index is 0.743. The van der Waals surface area contributed by atoms with Crippen LogP contribution in [-0.4, -0.2) is 32.6 Å². The lowest BCUT2D eigenvalue weighted by atomic mass is 10.1. The molecule has 90 valence electrons. The number of fused-ring (bicyclic) bond motifs is 1. The van der Waals surface area contributed by atoms with Gasteiger partial charge in [0.2, 0.25) is 5.95 Å². The predicted octanol–water partition coefficient (Wildman–Crippen LogP) is 2.20. The summed E-state index contributed by atoms with van der Waals surface area (Å²) in [6.45, 7) is 3.05. The highest BCUT2D eigenvalue weighted by atomic mass is 32.2. The van der Waals surface area contributed by atoms with Gasteiger partial charge in [-0.3, -0.25) is 0 Å². The molecule has 0 saturated carbocycles. The molecule has 17 heavy (non-hydrogen) atoms. The standard InChI is InChI=1S/C12H16N4S/c1-9-2-3-11-14-12(15-16(11)7-9)13-6-10-4-5-17-8-10/h2-3,7,10H,4-6,8H2,1H3,(H,13,15). The molecule has 3 heterocycles. The van der Waals surface area contributed by atoms with Gasteiger partial charge < -0.3 is 5.32 Å². The molecule has 1 aliphatic heterocycles. The molecule has 3 rings (SSSR count). The Balaban J connectivity index is 1.72. The number of aryl methyl sites for hydroxylation is 1. The van der Waals surface area contributed by atoms with E-state index in [9.17, 15) is 0 Å². The van der Waals surface area contributed by atoms with Gasteiger partial charge in [-0.05, 0) is 42.4 Å². The van der Waals surface area contributed by atoms with Crippen molar-refractivity contribution in [2.75, 3.05) is 23.4 Å². The SMILES string of the molecule is Cc1ccc2nc(NCC3CCSC3)nn2c1. The van der Waals surface area contributed by atoms with Gasteiger partial charge in [-0.1, -0.05) is 6.07 Å². The molecule has 1 unspecified atom stereocenters. The Morgan fingerprint density at radius 1 is 1.53 bits per heavy atom. The van der Waals surface area contributed by atoms with Gasteiger partial charge in [0, 0.05) is 12.7 Å². The Morgan fingerprint density at radius 3 is 3.29 bits per heavy atom. The van der Waals surface area contributed by atoms with Crippen molar-refractivity contribution >= 4 is 23.4 Å². The van der Waals surface area contributed by atoms with E-state index in [4.69, 9.17) is 0 Å². The van der Waals surface area contributed by atoms with Crippen molar-refractivity contribution in [1.29, 1.82) is 0 Å². The van der Waals surface area contributed by atoms with Crippen molar-refractivity contribution in [2.45, 2.75) is 13.3 Å². The van der Waals surface area contributed by atoms with Crippen LogP contribution in [0.25, 0.3) is 5.65 Å². The average Bonchev–Trinajstić information content (AvgIpc) is 2.94. The molecular formula is C12H16N4S. The van der Waals surface area contributed by atoms with Crippen LogP contribution in [0.1, 0.15) is 12.0 Å². The molecule has 0 aromatic carbocycles. The molecule has 0 amide bonds. The van der Waals surface area contributed by atoms with E-state index in [-0.39, 0.29) is 0 Å². The molecule has 1 N–H and O–H groups in total. The van der Waals surface area contributed by atoms with Crippen molar-refractivity contribution in [3.8, 4) is 0 Å². The van der Waals surface area contributed by atoms with Crippen LogP contribution in [0, 0.1) is 12.8 Å². The van der Waals surface area contributed by atoms with Crippen LogP contribution in [0.3, 0.4) is 0 Å². The van der Waals surface area contributed by atoms with Crippen LogP contribution in [0.5, 0.6) is 0 Å². The Kier molecular flexibility index (Phi) is 2.93. The maximum atomic E-state index is 4.45. The normalized spacial score (nSPS) is 19.9. The first kappa shape index (κ1) is 10.9. The molecule has 0 aliphatic carbocycles. The van der Waals surface area contributed by atoms with E-state index in [2.05, 4.69) is 28.4 Å². The van der Waals surface area contributed by atoms with Crippen molar-refractivity contribution < 1.29 is 0 Å². The first-order valence-electron chi connectivity index (χ1n) is 5.96. The molecule has 5 heteroatoms. The van der Waals surface area contributed by atoms with E-state index in [1.165, 1.54) is 23.5 Å². The molecule has 1 atom stereocenters. The van der Waals surface area contributed by atoms with Gasteiger partial charge in [0.1, 0.15) is 0 Å². The van der Waals surface area contributed by atoms with Gasteiger partial charge in [-0.2, -0.15) is 16.7 Å². The zero-order valence-electron chi connectivity index (χ0n) is 9.89. The van der Waals surface area contributed by atoms with Crippen LogP contribution in [0.15, 0.2) is 18.3 Å². The van der Waals surface area contributed by atoms with Crippen molar-refractivity contribution in [3.05, 3.63) is 23.9 Å². The monoisotopic (exact) mass is 248 g/mol. The Morgan fingerprint density at radius 2 is 2.47 bits per heavy atom. The number of thioether (sulfide) groups is 1. The third kappa shape index (κ3) is 2.39. The number of anilines is 1. The predicted molar refractivity (Wildman–Crippen MR) is 71.6 cm³/mol. The van der Waals surface area contributed by atoms with E-state index in [1.54, 1.807) is 0 Å². The second-order valence-corrected chi connectivity index (χ2v) is 5.70. The van der Waals surface area contributed by atoms with Crippen molar-refractivity contribution in [3.63, 3.8) is 0 Å². The lowest BCUT2D eigenvalue weighted by Crippen LogP contribution is -2.14. The maximum absolute atomic E-state index is 4.45. The van der Waals surface area contributed by atoms with E-state index in [0.717, 1.165) is 24.1 Å². The van der Waals surface area contributed by atoms with E-state index < -0.39 is 0 Å². The largest absolute Gasteiger partial charge is 0.353 e. The van der Waals surface area contributed by atoms with Crippen LogP contribution in [0.4, 0.5) is 5.95 Å². The molecule has 1 saturated heterocycles. The molecule has 1 fully saturated rings. The average molecular weight is 248 g/mol. The fourth-order valence-electron chi connectivity index (χ4n) is 2.04. The summed E-state index contributed by atoms with van der Waals surface area (Å²) in [4.78, 5) is 4.45. The summed E-state index contributed by atoms with van der Waals surface area (Å²) in [5.41, 5.74) is 2.10. The zero-order chi connectivity index (χ0) is 11.7. The number of nitrogens with one attached hydrogen (secondary N) is 1. The summed E-state index contributed by atoms with van der Waals surface area (Å²) in [5, 5.41) is 7.76. The number of rotatable bonds is 3. The summed E-state index contributed by atoms with van der Waals surface area (Å²) in [5.74, 6) is 4.07. The molecule has 1 aliphatic rings. The second kappa shape index (κ2) is 4.56. The number of hydrogen-bond acceptors (Lipinski definition) is 4. The maximum Gasteiger partial charge on any atom is 0.243 e. The van der Waals surface area contributed by atoms with Gasteiger partial charge in [-0.25, -0.2) is 4.52 Å². The first-order valence-corrected chi connectivity index (χ1v) is 7.11. The summed E-state index contributed by atoms with van der Waals surface area (Å²) in [6.07, 6.45) is 3.31. The summed E-state index contributed by atoms with van der Waals surface area (Å²) >= 11 is 2.04. The molecular weight excluding hydrogens is 232 g/mol. The zero-order valence-corrected chi connectivity index (χ0v) is 10.7. The molecule has 0 spiro atoms. The smallest absolute Gasteiger partial charge is 0.243 e. The Hall–Kier alpha value is -1.23. The summed E-state index contributed by atoms with van der Waals surface area (Å²) in [6, 6.07) is 4.06. The first-order chi connectivity index (χ1) is 8.31. The van der Waals surface area contributed by atoms with Gasteiger partial charge >= 0.3 is 0 Å². The third-order valence-corrected chi connectivity index (χ3v) is 4.28. The minimum Gasteiger partial charge on any atom is -0.353 e. The van der Waals surface area contributed by atoms with Crippen LogP contribution >= 0.6 is 11.8 Å². The van der Waals surface area contributed by atoms with E-state index >= 15 is 0 Å². The third-order valence-electron chi connectivity index (χ3n) is 3.05. The van der Waals surface area contributed by atoms with Crippen molar-refractivity contribution in [2.24, 2.45) is 5.92 Å². The highest BCUT2D eigenvalue weighted by Gasteiger charge is 2.15. The minimum absolute atomic E-state index is 0.743. The summed E-state index contributed by atoms with van der Waals surface area (Å²) < 4.78 is 1.83. The number of hydrogen-bond donors (Lipinski definition) is 1. The van der Waals surface area contributed by atoms with Gasteiger partial charge in [-0.15, -0.1) is 5.10 Å². The molecule has 2 aromatic heterocycles. The van der Waals surface area contributed by atoms with Gasteiger partial charge in [0.15, 0.2) is 5.65 Å². The Labute approximate surface area is 105 Å². The molecule has 0 radical (unpaired) electrons. The van der Waals surface area contributed by atoms with Crippen LogP contribution in [0.2, 0.25) is 0 Å². The highest BCUT2D eigenvalue weighted by molar-refractivity contribution is 7.99. The van der Waals surface area contributed by atoms with E-state index in [0.29, 0.717) is 0 Å². The van der Waals surface area contributed by atoms with Crippen LogP contribution < -0.4 is 5.32 Å². The Bertz CT molecular complexity index is 516. The number of nitrogens with zero attached hydrogens (tertiary/aromatic N) is 3. The molecule has 0 bridgehead atoms. The van der Waals surface area contributed by atoms with Crippen molar-refractivity contribution in [1.82, 2.24) is 14.6 Å². The van der Waals surface area contributed by atoms with Crippen LogP contribution in [-0.2, 0) is 0 Å². The van der Waals surface area contributed by atoms with Gasteiger partial charge in [0.25, 0.3) is 0 Å². The molecule has 2 aromatic rings. The topological polar surface area (TPSA) is 42.2 Å². The van der Waals surface area contributed by atoms with Gasteiger partial charge in [0.05, 0.1) is 0 Å². The highest BCUT2D eigenvalue weighted by Crippen LogP contribution is 2.23. The second-order valence-electron chi connectivity index (χ2n) is 4.56.